The maximum absolute atomic E-state index is 9.88. The van der Waals surface area contributed by atoms with Gasteiger partial charge in [-0.2, -0.15) is 15.8 Å². The molecule has 0 bridgehead atoms. The van der Waals surface area contributed by atoms with Gasteiger partial charge in [0.2, 0.25) is 0 Å². The molecule has 1 aliphatic carbocycles. The first-order chi connectivity index (χ1) is 12.1. The molecule has 0 spiro atoms. The van der Waals surface area contributed by atoms with E-state index in [9.17, 15) is 15.8 Å². The van der Waals surface area contributed by atoms with Crippen LogP contribution in [0.3, 0.4) is 0 Å². The first-order valence-electron chi connectivity index (χ1n) is 8.44. The fourth-order valence-electron chi connectivity index (χ4n) is 3.64. The van der Waals surface area contributed by atoms with Gasteiger partial charge < -0.3 is 0 Å². The molecular weight excluding hydrogens is 308 g/mol. The zero-order valence-electron chi connectivity index (χ0n) is 14.2. The topological polar surface area (TPSA) is 84.3 Å². The fraction of sp³-hybridized carbons (Fsp3) is 0.333. The molecule has 0 N–H and O–H groups in total. The van der Waals surface area contributed by atoms with E-state index in [1.54, 1.807) is 0 Å². The number of fused-ring (bicyclic) bond motifs is 1. The van der Waals surface area contributed by atoms with Crippen LogP contribution in [-0.2, 0) is 24.7 Å². The van der Waals surface area contributed by atoms with Gasteiger partial charge in [-0.05, 0) is 49.3 Å². The highest BCUT2D eigenvalue weighted by atomic mass is 14.8. The Morgan fingerprint density at radius 3 is 2.24 bits per heavy atom. The number of rotatable bonds is 3. The lowest BCUT2D eigenvalue weighted by molar-refractivity contribution is 0.636. The van der Waals surface area contributed by atoms with E-state index in [0.717, 1.165) is 48.1 Å². The van der Waals surface area contributed by atoms with Gasteiger partial charge >= 0.3 is 0 Å². The summed E-state index contributed by atoms with van der Waals surface area (Å²) in [6, 6.07) is 16.0. The van der Waals surface area contributed by atoms with E-state index < -0.39 is 5.41 Å². The molecule has 4 nitrogen and oxygen atoms in total. The minimum atomic E-state index is -1.45. The van der Waals surface area contributed by atoms with E-state index in [1.165, 1.54) is 0 Å². The fourth-order valence-corrected chi connectivity index (χ4v) is 3.64. The number of pyridine rings is 1. The van der Waals surface area contributed by atoms with Crippen LogP contribution in [0.5, 0.6) is 0 Å². The Labute approximate surface area is 148 Å². The molecule has 0 radical (unpaired) electrons. The van der Waals surface area contributed by atoms with Crippen molar-refractivity contribution < 1.29 is 0 Å². The van der Waals surface area contributed by atoms with Gasteiger partial charge in [-0.25, -0.2) is 0 Å². The first-order valence-corrected chi connectivity index (χ1v) is 8.44. The van der Waals surface area contributed by atoms with E-state index in [1.807, 2.05) is 37.3 Å². The highest BCUT2D eigenvalue weighted by Crippen LogP contribution is 2.35. The molecule has 1 aromatic carbocycles. The third-order valence-electron chi connectivity index (χ3n) is 4.93. The molecule has 0 fully saturated rings. The second kappa shape index (κ2) is 6.76. The van der Waals surface area contributed by atoms with Gasteiger partial charge in [0.25, 0.3) is 0 Å². The summed E-state index contributed by atoms with van der Waals surface area (Å²) in [5, 5.41) is 29.5. The van der Waals surface area contributed by atoms with Crippen molar-refractivity contribution >= 4 is 0 Å². The average Bonchev–Trinajstić information content (AvgIpc) is 2.67. The third-order valence-corrected chi connectivity index (χ3v) is 4.93. The van der Waals surface area contributed by atoms with Gasteiger partial charge in [0.15, 0.2) is 5.41 Å². The summed E-state index contributed by atoms with van der Waals surface area (Å²) in [6.45, 7) is 1.91. The average molecular weight is 326 g/mol. The Hall–Kier alpha value is -3.16. The molecule has 2 aromatic rings. The number of hydrogen-bond donors (Lipinski definition) is 0. The highest BCUT2D eigenvalue weighted by Gasteiger charge is 2.39. The number of nitriles is 3. The van der Waals surface area contributed by atoms with E-state index in [4.69, 9.17) is 0 Å². The monoisotopic (exact) mass is 326 g/mol. The second-order valence-corrected chi connectivity index (χ2v) is 6.49. The number of benzene rings is 1. The third kappa shape index (κ3) is 2.86. The maximum atomic E-state index is 9.88. The lowest BCUT2D eigenvalue weighted by Crippen LogP contribution is -2.29. The molecule has 25 heavy (non-hydrogen) atoms. The lowest BCUT2D eigenvalue weighted by Gasteiger charge is -2.25. The highest BCUT2D eigenvalue weighted by molar-refractivity contribution is 5.55. The van der Waals surface area contributed by atoms with Crippen molar-refractivity contribution in [3.63, 3.8) is 0 Å². The molecule has 1 aromatic heterocycles. The minimum absolute atomic E-state index is 0.223. The Morgan fingerprint density at radius 2 is 1.64 bits per heavy atom. The molecule has 1 aliphatic rings. The Bertz CT molecular complexity index is 910. The molecular formula is C21H18N4. The lowest BCUT2D eigenvalue weighted by atomic mass is 9.76. The second-order valence-electron chi connectivity index (χ2n) is 6.49. The normalized spacial score (nSPS) is 13.2. The molecule has 0 saturated carbocycles. The summed E-state index contributed by atoms with van der Waals surface area (Å²) in [5.41, 5.74) is 3.12. The van der Waals surface area contributed by atoms with E-state index >= 15 is 0 Å². The largest absolute Gasteiger partial charge is 0.254 e. The predicted molar refractivity (Wildman–Crippen MR) is 93.4 cm³/mol. The van der Waals surface area contributed by atoms with Crippen molar-refractivity contribution in [1.29, 1.82) is 15.8 Å². The summed E-state index contributed by atoms with van der Waals surface area (Å²) in [7, 11) is 0. The Morgan fingerprint density at radius 1 is 1.00 bits per heavy atom. The summed E-state index contributed by atoms with van der Waals surface area (Å²) >= 11 is 0. The van der Waals surface area contributed by atoms with Crippen LogP contribution >= 0.6 is 0 Å². The van der Waals surface area contributed by atoms with Crippen LogP contribution in [-0.4, -0.2) is 4.98 Å². The standard InChI is InChI=1S/C21H18N4/c1-15-17-9-5-6-10-18(17)19(12-22)20(25-15)21(13-23,14-24)11-16-7-3-2-4-8-16/h2-4,7-8H,5-6,9-11H2,1H3. The van der Waals surface area contributed by atoms with Gasteiger partial charge in [0.05, 0.1) is 23.4 Å². The molecule has 4 heteroatoms. The molecule has 3 rings (SSSR count). The maximum Gasteiger partial charge on any atom is 0.190 e. The van der Waals surface area contributed by atoms with Crippen molar-refractivity contribution in [2.75, 3.05) is 0 Å². The molecule has 0 atom stereocenters. The summed E-state index contributed by atoms with van der Waals surface area (Å²) in [5.74, 6) is 0. The van der Waals surface area contributed by atoms with Crippen LogP contribution in [0.2, 0.25) is 0 Å². The van der Waals surface area contributed by atoms with Crippen LogP contribution in [0.1, 0.15) is 46.5 Å². The summed E-state index contributed by atoms with van der Waals surface area (Å²) in [6.07, 6.45) is 4.06. The minimum Gasteiger partial charge on any atom is -0.254 e. The molecule has 0 aliphatic heterocycles. The van der Waals surface area contributed by atoms with Crippen LogP contribution < -0.4 is 0 Å². The molecule has 122 valence electrons. The number of aromatic nitrogens is 1. The number of nitrogens with zero attached hydrogens (tertiary/aromatic N) is 4. The molecule has 0 amide bonds. The molecule has 0 unspecified atom stereocenters. The Kier molecular flexibility index (Phi) is 4.51. The van der Waals surface area contributed by atoms with Crippen molar-refractivity contribution in [2.24, 2.45) is 0 Å². The zero-order chi connectivity index (χ0) is 17.9. The van der Waals surface area contributed by atoms with Crippen molar-refractivity contribution in [2.45, 2.75) is 44.4 Å². The van der Waals surface area contributed by atoms with Crippen LogP contribution in [0, 0.1) is 40.9 Å². The molecule has 1 heterocycles. The van der Waals surface area contributed by atoms with Crippen molar-refractivity contribution in [1.82, 2.24) is 4.98 Å². The van der Waals surface area contributed by atoms with Gasteiger partial charge in [0.1, 0.15) is 6.07 Å². The smallest absolute Gasteiger partial charge is 0.190 e. The van der Waals surface area contributed by atoms with Crippen LogP contribution in [0.25, 0.3) is 0 Å². The summed E-state index contributed by atoms with van der Waals surface area (Å²) in [4.78, 5) is 4.60. The van der Waals surface area contributed by atoms with Gasteiger partial charge in [0, 0.05) is 12.1 Å². The quantitative estimate of drug-likeness (QED) is 0.861. The van der Waals surface area contributed by atoms with E-state index in [-0.39, 0.29) is 6.42 Å². The number of aryl methyl sites for hydroxylation is 1. The Balaban J connectivity index is 2.21. The van der Waals surface area contributed by atoms with Gasteiger partial charge in [-0.1, -0.05) is 30.3 Å². The van der Waals surface area contributed by atoms with Gasteiger partial charge in [-0.15, -0.1) is 0 Å². The zero-order valence-corrected chi connectivity index (χ0v) is 14.2. The van der Waals surface area contributed by atoms with Gasteiger partial charge in [-0.3, -0.25) is 4.98 Å². The van der Waals surface area contributed by atoms with Crippen LogP contribution in [0.15, 0.2) is 30.3 Å². The molecule has 0 saturated heterocycles. The summed E-state index contributed by atoms with van der Waals surface area (Å²) < 4.78 is 0. The van der Waals surface area contributed by atoms with Crippen molar-refractivity contribution in [3.8, 4) is 18.2 Å². The SMILES string of the molecule is Cc1nc(C(C#N)(C#N)Cc2ccccc2)c(C#N)c2c1CCCC2. The van der Waals surface area contributed by atoms with Crippen molar-refractivity contribution in [3.05, 3.63) is 64.0 Å². The van der Waals surface area contributed by atoms with Crippen LogP contribution in [0.4, 0.5) is 0 Å². The number of hydrogen-bond acceptors (Lipinski definition) is 4. The predicted octanol–water partition coefficient (Wildman–Crippen LogP) is 3.67. The van der Waals surface area contributed by atoms with E-state index in [0.29, 0.717) is 11.3 Å². The van der Waals surface area contributed by atoms with E-state index in [2.05, 4.69) is 23.2 Å². The first kappa shape index (κ1) is 16.7.